The zero-order valence-electron chi connectivity index (χ0n) is 6.79. The Morgan fingerprint density at radius 3 is 2.64 bits per heavy atom. The Bertz CT molecular complexity index is 432. The standard InChI is InChI=1S/C9H4BrClO2S/c10-7-3-2-6(14-7)9(12)5-1-4-8(11)13-5/h1-4H. The van der Waals surface area contributed by atoms with Crippen molar-refractivity contribution in [2.45, 2.75) is 0 Å². The normalized spacial score (nSPS) is 10.4. The fraction of sp³-hybridized carbons (Fsp3) is 0. The molecular weight excluding hydrogens is 288 g/mol. The van der Waals surface area contributed by atoms with Crippen LogP contribution in [0.1, 0.15) is 15.4 Å². The molecule has 0 saturated carbocycles. The fourth-order valence-electron chi connectivity index (χ4n) is 0.994. The average molecular weight is 292 g/mol. The van der Waals surface area contributed by atoms with Crippen LogP contribution in [-0.2, 0) is 0 Å². The largest absolute Gasteiger partial charge is 0.441 e. The number of halogens is 2. The second-order valence-corrected chi connectivity index (χ2v) is 5.37. The number of furan rings is 1. The first-order chi connectivity index (χ1) is 6.66. The van der Waals surface area contributed by atoms with Crippen molar-refractivity contribution >= 4 is 44.7 Å². The SMILES string of the molecule is O=C(c1ccc(Cl)o1)c1ccc(Br)s1. The molecular formula is C9H4BrClO2S. The molecule has 0 aliphatic carbocycles. The first-order valence-corrected chi connectivity index (χ1v) is 5.71. The zero-order valence-corrected chi connectivity index (χ0v) is 9.95. The molecule has 0 saturated heterocycles. The molecule has 0 amide bonds. The van der Waals surface area contributed by atoms with Gasteiger partial charge in [0.1, 0.15) is 0 Å². The van der Waals surface area contributed by atoms with Crippen molar-refractivity contribution in [2.75, 3.05) is 0 Å². The number of thiophene rings is 1. The minimum absolute atomic E-state index is 0.146. The van der Waals surface area contributed by atoms with E-state index in [-0.39, 0.29) is 16.8 Å². The molecule has 0 fully saturated rings. The van der Waals surface area contributed by atoms with Crippen molar-refractivity contribution in [3.63, 3.8) is 0 Å². The van der Waals surface area contributed by atoms with Gasteiger partial charge in [0.2, 0.25) is 5.78 Å². The highest BCUT2D eigenvalue weighted by Crippen LogP contribution is 2.25. The summed E-state index contributed by atoms with van der Waals surface area (Å²) in [5.74, 6) is 0.122. The summed E-state index contributed by atoms with van der Waals surface area (Å²) in [5, 5.41) is 0.226. The van der Waals surface area contributed by atoms with Crippen LogP contribution in [0.15, 0.2) is 32.5 Å². The molecule has 72 valence electrons. The van der Waals surface area contributed by atoms with Gasteiger partial charge in [-0.1, -0.05) is 0 Å². The van der Waals surface area contributed by atoms with Gasteiger partial charge in [0.25, 0.3) is 0 Å². The predicted molar refractivity (Wildman–Crippen MR) is 59.2 cm³/mol. The quantitative estimate of drug-likeness (QED) is 0.783. The number of hydrogen-bond donors (Lipinski definition) is 0. The average Bonchev–Trinajstić information content (AvgIpc) is 2.73. The van der Waals surface area contributed by atoms with Crippen molar-refractivity contribution in [1.29, 1.82) is 0 Å². The molecule has 2 rings (SSSR count). The number of hydrogen-bond acceptors (Lipinski definition) is 3. The van der Waals surface area contributed by atoms with E-state index in [1.165, 1.54) is 11.3 Å². The third-order valence-corrected chi connectivity index (χ3v) is 3.42. The van der Waals surface area contributed by atoms with Crippen LogP contribution in [-0.4, -0.2) is 5.78 Å². The minimum Gasteiger partial charge on any atom is -0.441 e. The van der Waals surface area contributed by atoms with Gasteiger partial charge in [0.05, 0.1) is 8.66 Å². The van der Waals surface area contributed by atoms with Gasteiger partial charge in [-0.15, -0.1) is 11.3 Å². The van der Waals surface area contributed by atoms with E-state index in [1.807, 2.05) is 6.07 Å². The van der Waals surface area contributed by atoms with Crippen LogP contribution in [0.2, 0.25) is 5.22 Å². The molecule has 2 aromatic heterocycles. The summed E-state index contributed by atoms with van der Waals surface area (Å²) in [5.41, 5.74) is 0. The molecule has 0 bridgehead atoms. The van der Waals surface area contributed by atoms with E-state index in [1.54, 1.807) is 18.2 Å². The highest BCUT2D eigenvalue weighted by molar-refractivity contribution is 9.11. The van der Waals surface area contributed by atoms with Crippen LogP contribution in [0.4, 0.5) is 0 Å². The molecule has 0 aliphatic heterocycles. The van der Waals surface area contributed by atoms with Gasteiger partial charge in [0, 0.05) is 0 Å². The van der Waals surface area contributed by atoms with Crippen LogP contribution >= 0.6 is 38.9 Å². The van der Waals surface area contributed by atoms with Crippen molar-refractivity contribution in [1.82, 2.24) is 0 Å². The van der Waals surface area contributed by atoms with E-state index >= 15 is 0 Å². The van der Waals surface area contributed by atoms with Gasteiger partial charge in [-0.2, -0.15) is 0 Å². The lowest BCUT2D eigenvalue weighted by atomic mass is 10.2. The third-order valence-electron chi connectivity index (χ3n) is 1.59. The first kappa shape index (κ1) is 9.96. The summed E-state index contributed by atoms with van der Waals surface area (Å²) < 4.78 is 5.93. The van der Waals surface area contributed by atoms with E-state index in [4.69, 9.17) is 16.0 Å². The van der Waals surface area contributed by atoms with Crippen molar-refractivity contribution in [3.05, 3.63) is 43.9 Å². The van der Waals surface area contributed by atoms with Crippen LogP contribution in [0, 0.1) is 0 Å². The maximum absolute atomic E-state index is 11.7. The topological polar surface area (TPSA) is 30.2 Å². The molecule has 0 atom stereocenters. The summed E-state index contributed by atoms with van der Waals surface area (Å²) in [6.07, 6.45) is 0. The molecule has 0 aromatic carbocycles. The number of carbonyl (C=O) groups is 1. The van der Waals surface area contributed by atoms with Crippen LogP contribution in [0.3, 0.4) is 0 Å². The Morgan fingerprint density at radius 2 is 2.14 bits per heavy atom. The zero-order chi connectivity index (χ0) is 10.1. The van der Waals surface area contributed by atoms with Crippen molar-refractivity contribution in [3.8, 4) is 0 Å². The summed E-state index contributed by atoms with van der Waals surface area (Å²) in [4.78, 5) is 12.3. The summed E-state index contributed by atoms with van der Waals surface area (Å²) in [6.45, 7) is 0. The highest BCUT2D eigenvalue weighted by atomic mass is 79.9. The summed E-state index contributed by atoms with van der Waals surface area (Å²) in [7, 11) is 0. The molecule has 2 nitrogen and oxygen atoms in total. The highest BCUT2D eigenvalue weighted by Gasteiger charge is 2.14. The summed E-state index contributed by atoms with van der Waals surface area (Å²) >= 11 is 10.2. The van der Waals surface area contributed by atoms with Gasteiger partial charge in [-0.05, 0) is 51.8 Å². The van der Waals surface area contributed by atoms with E-state index in [0.717, 1.165) is 3.79 Å². The minimum atomic E-state index is -0.146. The molecule has 0 unspecified atom stereocenters. The Kier molecular flexibility index (Phi) is 2.76. The fourth-order valence-corrected chi connectivity index (χ4v) is 2.47. The maximum Gasteiger partial charge on any atom is 0.238 e. The van der Waals surface area contributed by atoms with E-state index < -0.39 is 0 Å². The molecule has 0 spiro atoms. The van der Waals surface area contributed by atoms with Crippen LogP contribution < -0.4 is 0 Å². The molecule has 2 heterocycles. The Morgan fingerprint density at radius 1 is 1.36 bits per heavy atom. The molecule has 0 N–H and O–H groups in total. The first-order valence-electron chi connectivity index (χ1n) is 3.72. The predicted octanol–water partition coefficient (Wildman–Crippen LogP) is 3.99. The molecule has 0 aliphatic rings. The van der Waals surface area contributed by atoms with Crippen molar-refractivity contribution in [2.24, 2.45) is 0 Å². The van der Waals surface area contributed by atoms with Gasteiger partial charge >= 0.3 is 0 Å². The summed E-state index contributed by atoms with van der Waals surface area (Å²) in [6, 6.07) is 6.69. The number of rotatable bonds is 2. The molecule has 0 radical (unpaired) electrons. The van der Waals surface area contributed by atoms with Gasteiger partial charge in [-0.3, -0.25) is 4.79 Å². The van der Waals surface area contributed by atoms with Gasteiger partial charge in [0.15, 0.2) is 11.0 Å². The van der Waals surface area contributed by atoms with E-state index in [2.05, 4.69) is 15.9 Å². The molecule has 5 heteroatoms. The monoisotopic (exact) mass is 290 g/mol. The van der Waals surface area contributed by atoms with Crippen LogP contribution in [0.5, 0.6) is 0 Å². The third kappa shape index (κ3) is 1.92. The lowest BCUT2D eigenvalue weighted by Gasteiger charge is -1.90. The lowest BCUT2D eigenvalue weighted by Crippen LogP contribution is -1.95. The lowest BCUT2D eigenvalue weighted by molar-refractivity contribution is 0.101. The molecule has 14 heavy (non-hydrogen) atoms. The number of ketones is 1. The Balaban J connectivity index is 2.33. The number of carbonyl (C=O) groups excluding carboxylic acids is 1. The van der Waals surface area contributed by atoms with Gasteiger partial charge in [-0.25, -0.2) is 0 Å². The second kappa shape index (κ2) is 3.88. The Hall–Kier alpha value is -0.580. The smallest absolute Gasteiger partial charge is 0.238 e. The van der Waals surface area contributed by atoms with Crippen LogP contribution in [0.25, 0.3) is 0 Å². The second-order valence-electron chi connectivity index (χ2n) is 2.54. The van der Waals surface area contributed by atoms with Crippen molar-refractivity contribution < 1.29 is 9.21 Å². The van der Waals surface area contributed by atoms with Gasteiger partial charge < -0.3 is 4.42 Å². The molecule has 2 aromatic rings. The van der Waals surface area contributed by atoms with E-state index in [9.17, 15) is 4.79 Å². The maximum atomic E-state index is 11.7. The van der Waals surface area contributed by atoms with E-state index in [0.29, 0.717) is 4.88 Å². The Labute approximate surface area is 97.6 Å².